The van der Waals surface area contributed by atoms with E-state index in [4.69, 9.17) is 9.72 Å². The molecule has 0 fully saturated rings. The van der Waals surface area contributed by atoms with Gasteiger partial charge in [0.15, 0.2) is 0 Å². The predicted octanol–water partition coefficient (Wildman–Crippen LogP) is 14.1. The zero-order valence-corrected chi connectivity index (χ0v) is 35.0. The molecule has 0 atom stereocenters. The first-order valence-electron chi connectivity index (χ1n) is 20.0. The molecule has 5 heteroatoms. The highest BCUT2D eigenvalue weighted by Gasteiger charge is 2.36. The third-order valence-electron chi connectivity index (χ3n) is 12.3. The Morgan fingerprint density at radius 1 is 0.500 bits per heavy atom. The molecule has 0 unspecified atom stereocenters. The lowest BCUT2D eigenvalue weighted by Crippen LogP contribution is -2.34. The molecule has 0 saturated heterocycles. The monoisotopic (exact) mass is 740 g/mol. The summed E-state index contributed by atoms with van der Waals surface area (Å²) in [6.07, 6.45) is 1.92. The molecule has 8 rings (SSSR count). The van der Waals surface area contributed by atoms with Crippen molar-refractivity contribution in [3.05, 3.63) is 144 Å². The molecule has 56 heavy (non-hydrogen) atoms. The molecular weight excluding hydrogens is 685 g/mol. The quantitative estimate of drug-likeness (QED) is 0.170. The van der Waals surface area contributed by atoms with Gasteiger partial charge in [-0.15, -0.1) is 0 Å². The number of hydrogen-bond acceptors (Lipinski definition) is 4. The lowest BCUT2D eigenvalue weighted by molar-refractivity contribution is 0.225. The second kappa shape index (κ2) is 13.3. The number of pyridine rings is 1. The fourth-order valence-corrected chi connectivity index (χ4v) is 7.78. The van der Waals surface area contributed by atoms with Gasteiger partial charge >= 0.3 is 0 Å². The van der Waals surface area contributed by atoms with Crippen molar-refractivity contribution >= 4 is 44.6 Å². The van der Waals surface area contributed by atoms with E-state index < -0.39 is 0 Å². The van der Waals surface area contributed by atoms with E-state index in [-0.39, 0.29) is 21.7 Å². The zero-order chi connectivity index (χ0) is 39.8. The van der Waals surface area contributed by atoms with Crippen LogP contribution in [0.25, 0.3) is 27.6 Å². The van der Waals surface area contributed by atoms with Crippen LogP contribution in [0.15, 0.2) is 128 Å². The Hall–Kier alpha value is -5.55. The molecule has 5 aromatic carbocycles. The van der Waals surface area contributed by atoms with E-state index in [1.54, 1.807) is 0 Å². The van der Waals surface area contributed by atoms with Crippen molar-refractivity contribution < 1.29 is 4.74 Å². The average Bonchev–Trinajstić information content (AvgIpc) is 3.70. The smallest absolute Gasteiger partial charge is 0.137 e. The highest BCUT2D eigenvalue weighted by atomic mass is 16.5. The maximum absolute atomic E-state index is 6.74. The standard InChI is InChI=1S/C51H56N4O/c1-48(2,3)34-22-25-44-46(29-34)54(33-53(44)37-17-14-16-36(28-37)51(10,11)50(7,8)9)38-18-15-19-39(31-38)56-40-23-24-42-41-20-12-13-21-43(41)55(45(42)32-40)47-30-35(26-27-52-47)49(4,5)6/h12-32H,33H2,1-11H3. The molecule has 2 aromatic heterocycles. The van der Waals surface area contributed by atoms with Crippen LogP contribution in [0.4, 0.5) is 22.7 Å². The van der Waals surface area contributed by atoms with Gasteiger partial charge in [0.25, 0.3) is 0 Å². The molecule has 0 spiro atoms. The van der Waals surface area contributed by atoms with E-state index in [1.807, 2.05) is 6.20 Å². The minimum atomic E-state index is -0.00261. The molecular formula is C51H56N4O. The Morgan fingerprint density at radius 2 is 1.14 bits per heavy atom. The number of ether oxygens (including phenoxy) is 1. The van der Waals surface area contributed by atoms with Crippen LogP contribution in [0.1, 0.15) is 92.9 Å². The number of para-hydroxylation sites is 1. The van der Waals surface area contributed by atoms with Gasteiger partial charge in [0.1, 0.15) is 24.0 Å². The predicted molar refractivity (Wildman–Crippen MR) is 237 cm³/mol. The summed E-state index contributed by atoms with van der Waals surface area (Å²) in [6.45, 7) is 26.0. The Kier molecular flexibility index (Phi) is 8.87. The van der Waals surface area contributed by atoms with Crippen molar-refractivity contribution in [2.75, 3.05) is 16.5 Å². The van der Waals surface area contributed by atoms with E-state index in [9.17, 15) is 0 Å². The minimum absolute atomic E-state index is 0.00261. The summed E-state index contributed by atoms with van der Waals surface area (Å²) in [6, 6.07) is 43.9. The Bertz CT molecular complexity index is 2590. The van der Waals surface area contributed by atoms with Crippen LogP contribution in [0, 0.1) is 5.41 Å². The third-order valence-corrected chi connectivity index (χ3v) is 12.3. The summed E-state index contributed by atoms with van der Waals surface area (Å²) in [5.74, 6) is 2.47. The maximum Gasteiger partial charge on any atom is 0.137 e. The fraction of sp³-hybridized carbons (Fsp3) is 0.314. The van der Waals surface area contributed by atoms with Crippen LogP contribution in [-0.4, -0.2) is 16.2 Å². The minimum Gasteiger partial charge on any atom is -0.457 e. The molecule has 0 N–H and O–H groups in total. The van der Waals surface area contributed by atoms with Gasteiger partial charge in [0.05, 0.1) is 22.4 Å². The van der Waals surface area contributed by atoms with Gasteiger partial charge in [-0.3, -0.25) is 4.57 Å². The van der Waals surface area contributed by atoms with Crippen molar-refractivity contribution in [3.8, 4) is 17.3 Å². The second-order valence-corrected chi connectivity index (χ2v) is 19.2. The molecule has 0 amide bonds. The SMILES string of the molecule is CC(C)(C)c1ccnc(-n2c3ccccc3c3ccc(Oc4cccc(N5CN(c6cccc(C(C)(C)C(C)(C)C)c6)c6ccc(C(C)(C)C)cc65)c4)cc32)c1. The number of hydrogen-bond donors (Lipinski definition) is 0. The zero-order valence-electron chi connectivity index (χ0n) is 35.0. The molecule has 5 nitrogen and oxygen atoms in total. The summed E-state index contributed by atoms with van der Waals surface area (Å²) in [5.41, 5.74) is 10.9. The molecule has 1 aliphatic rings. The van der Waals surface area contributed by atoms with Crippen molar-refractivity contribution in [2.24, 2.45) is 5.41 Å². The van der Waals surface area contributed by atoms with Crippen LogP contribution >= 0.6 is 0 Å². The number of rotatable bonds is 6. The van der Waals surface area contributed by atoms with Crippen molar-refractivity contribution in [2.45, 2.75) is 92.4 Å². The Balaban J connectivity index is 1.17. The lowest BCUT2D eigenvalue weighted by Gasteiger charge is -2.40. The van der Waals surface area contributed by atoms with Crippen molar-refractivity contribution in [1.29, 1.82) is 0 Å². The molecule has 1 aliphatic heterocycles. The average molecular weight is 741 g/mol. The largest absolute Gasteiger partial charge is 0.457 e. The molecule has 0 bridgehead atoms. The molecule has 0 radical (unpaired) electrons. The normalized spacial score (nSPS) is 13.8. The van der Waals surface area contributed by atoms with E-state index in [0.717, 1.165) is 34.0 Å². The van der Waals surface area contributed by atoms with Crippen LogP contribution < -0.4 is 14.5 Å². The summed E-state index contributed by atoms with van der Waals surface area (Å²) >= 11 is 0. The van der Waals surface area contributed by atoms with E-state index in [1.165, 1.54) is 44.5 Å². The van der Waals surface area contributed by atoms with Gasteiger partial charge in [-0.25, -0.2) is 4.98 Å². The van der Waals surface area contributed by atoms with Gasteiger partial charge in [-0.1, -0.05) is 119 Å². The van der Waals surface area contributed by atoms with Gasteiger partial charge in [0, 0.05) is 40.5 Å². The van der Waals surface area contributed by atoms with Crippen LogP contribution in [0.5, 0.6) is 11.5 Å². The third kappa shape index (κ3) is 6.61. The number of nitrogens with zero attached hydrogens (tertiary/aromatic N) is 4. The van der Waals surface area contributed by atoms with E-state index in [2.05, 4.69) is 212 Å². The lowest BCUT2D eigenvalue weighted by atomic mass is 9.65. The fourth-order valence-electron chi connectivity index (χ4n) is 7.78. The number of benzene rings is 5. The molecule has 0 aliphatic carbocycles. The first-order valence-corrected chi connectivity index (χ1v) is 20.0. The Morgan fingerprint density at radius 3 is 1.88 bits per heavy atom. The molecule has 7 aromatic rings. The van der Waals surface area contributed by atoms with Crippen molar-refractivity contribution in [1.82, 2.24) is 9.55 Å². The summed E-state index contributed by atoms with van der Waals surface area (Å²) in [5, 5.41) is 2.36. The van der Waals surface area contributed by atoms with Gasteiger partial charge in [-0.2, -0.15) is 0 Å². The highest BCUT2D eigenvalue weighted by Crippen LogP contribution is 2.48. The molecule has 3 heterocycles. The van der Waals surface area contributed by atoms with Crippen LogP contribution in [-0.2, 0) is 16.2 Å². The first kappa shape index (κ1) is 37.4. The first-order chi connectivity index (χ1) is 26.4. The molecule has 286 valence electrons. The Labute approximate surface area is 333 Å². The van der Waals surface area contributed by atoms with Crippen LogP contribution in [0.3, 0.4) is 0 Å². The topological polar surface area (TPSA) is 33.5 Å². The van der Waals surface area contributed by atoms with E-state index in [0.29, 0.717) is 6.67 Å². The summed E-state index contributed by atoms with van der Waals surface area (Å²) in [7, 11) is 0. The molecule has 0 saturated carbocycles. The van der Waals surface area contributed by atoms with Crippen LogP contribution in [0.2, 0.25) is 0 Å². The number of fused-ring (bicyclic) bond motifs is 4. The second-order valence-electron chi connectivity index (χ2n) is 19.2. The highest BCUT2D eigenvalue weighted by molar-refractivity contribution is 6.09. The van der Waals surface area contributed by atoms with Gasteiger partial charge < -0.3 is 14.5 Å². The number of anilines is 4. The summed E-state index contributed by atoms with van der Waals surface area (Å²) in [4.78, 5) is 9.75. The maximum atomic E-state index is 6.74. The van der Waals surface area contributed by atoms with Gasteiger partial charge in [-0.05, 0) is 105 Å². The van der Waals surface area contributed by atoms with Crippen molar-refractivity contribution in [3.63, 3.8) is 0 Å². The number of aromatic nitrogens is 2. The van der Waals surface area contributed by atoms with E-state index >= 15 is 0 Å². The summed E-state index contributed by atoms with van der Waals surface area (Å²) < 4.78 is 9.01. The van der Waals surface area contributed by atoms with Gasteiger partial charge in [0.2, 0.25) is 0 Å².